The Bertz CT molecular complexity index is 1260. The molecule has 1 saturated heterocycles. The van der Waals surface area contributed by atoms with Crippen molar-refractivity contribution in [2.24, 2.45) is 16.6 Å². The highest BCUT2D eigenvalue weighted by Crippen LogP contribution is 2.34. The van der Waals surface area contributed by atoms with Crippen molar-refractivity contribution in [1.82, 2.24) is 19.7 Å². The van der Waals surface area contributed by atoms with Gasteiger partial charge in [-0.2, -0.15) is 0 Å². The molecular formula is C29H38ClN7O3. The summed E-state index contributed by atoms with van der Waals surface area (Å²) in [5, 5.41) is 8.69. The van der Waals surface area contributed by atoms with Crippen molar-refractivity contribution < 1.29 is 14.2 Å². The number of nitrogens with one attached hydrogen (secondary N) is 1. The predicted octanol–water partition coefficient (Wildman–Crippen LogP) is 5.80. The van der Waals surface area contributed by atoms with E-state index in [0.29, 0.717) is 47.7 Å². The average Bonchev–Trinajstić information content (AvgIpc) is 3.40. The fourth-order valence-electron chi connectivity index (χ4n) is 5.13. The highest BCUT2D eigenvalue weighted by atomic mass is 35.5. The number of rotatable bonds is 11. The maximum atomic E-state index is 6.37. The summed E-state index contributed by atoms with van der Waals surface area (Å²) in [4.78, 5) is 13.2. The van der Waals surface area contributed by atoms with E-state index in [9.17, 15) is 0 Å². The van der Waals surface area contributed by atoms with E-state index in [1.807, 2.05) is 25.3 Å². The monoisotopic (exact) mass is 567 g/mol. The van der Waals surface area contributed by atoms with E-state index < -0.39 is 0 Å². The molecule has 2 atom stereocenters. The molecule has 3 N–H and O–H groups in total. The second kappa shape index (κ2) is 13.8. The summed E-state index contributed by atoms with van der Waals surface area (Å²) >= 11 is 6.37. The van der Waals surface area contributed by atoms with E-state index in [1.165, 1.54) is 25.6 Å². The van der Waals surface area contributed by atoms with E-state index in [-0.39, 0.29) is 6.10 Å². The summed E-state index contributed by atoms with van der Waals surface area (Å²) in [6, 6.07) is 5.99. The minimum atomic E-state index is -0.174. The molecule has 3 aromatic rings. The van der Waals surface area contributed by atoms with Crippen molar-refractivity contribution in [2.45, 2.75) is 64.0 Å². The SMILES string of the molecule is C[C@@H](CN=CN)Oc1cc(-c2cnc(Nc3cn(C4CCCCC4)nc3OCC3CCCOC3)nc2)ccc1Cl. The van der Waals surface area contributed by atoms with Gasteiger partial charge in [-0.25, -0.2) is 9.97 Å². The number of benzene rings is 1. The van der Waals surface area contributed by atoms with E-state index >= 15 is 0 Å². The zero-order valence-corrected chi connectivity index (χ0v) is 23.7. The van der Waals surface area contributed by atoms with Gasteiger partial charge in [-0.05, 0) is 50.3 Å². The second-order valence-corrected chi connectivity index (χ2v) is 10.9. The normalized spacial score (nSPS) is 19.0. The third-order valence-electron chi connectivity index (χ3n) is 7.32. The summed E-state index contributed by atoms with van der Waals surface area (Å²) in [6.07, 6.45) is 14.9. The molecule has 0 bridgehead atoms. The Morgan fingerprint density at radius 3 is 2.75 bits per heavy atom. The standard InChI is InChI=1S/C29H38ClN7O3/c1-20(13-32-19-31)40-27-12-22(9-10-25(27)30)23-14-33-29(34-15-23)35-26-16-37(24-7-3-2-4-8-24)36-28(26)39-18-21-6-5-11-38-17-21/h9-10,12,14-16,19-21,24H,2-8,11,13,17-18H2,1H3,(H2,31,32)(H,33,34,35)/t20-,21?/m0/s1. The van der Waals surface area contributed by atoms with Gasteiger partial charge in [0.2, 0.25) is 5.95 Å². The lowest BCUT2D eigenvalue weighted by Gasteiger charge is -2.22. The first-order chi connectivity index (χ1) is 19.6. The molecule has 11 heteroatoms. The number of hydrogen-bond acceptors (Lipinski definition) is 8. The second-order valence-electron chi connectivity index (χ2n) is 10.5. The summed E-state index contributed by atoms with van der Waals surface area (Å²) < 4.78 is 19.9. The Morgan fingerprint density at radius 2 is 2.00 bits per heavy atom. The lowest BCUT2D eigenvalue weighted by molar-refractivity contribution is 0.0343. The summed E-state index contributed by atoms with van der Waals surface area (Å²) in [5.74, 6) is 2.00. The fraction of sp³-hybridized carbons (Fsp3) is 0.517. The molecule has 1 aromatic carbocycles. The molecule has 1 aliphatic carbocycles. The van der Waals surface area contributed by atoms with Gasteiger partial charge in [-0.1, -0.05) is 36.9 Å². The van der Waals surface area contributed by atoms with Crippen molar-refractivity contribution in [3.8, 4) is 22.8 Å². The number of halogens is 1. The van der Waals surface area contributed by atoms with Crippen LogP contribution in [0.25, 0.3) is 11.1 Å². The van der Waals surface area contributed by atoms with Crippen LogP contribution in [0.3, 0.4) is 0 Å². The Kier molecular flexibility index (Phi) is 9.72. The fourth-order valence-corrected chi connectivity index (χ4v) is 5.30. The Balaban J connectivity index is 1.30. The Morgan fingerprint density at radius 1 is 1.18 bits per heavy atom. The number of hydrogen-bond donors (Lipinski definition) is 2. The smallest absolute Gasteiger partial charge is 0.256 e. The quantitative estimate of drug-likeness (QED) is 0.220. The van der Waals surface area contributed by atoms with Crippen LogP contribution in [-0.4, -0.2) is 58.6 Å². The van der Waals surface area contributed by atoms with Gasteiger partial charge in [0.1, 0.15) is 17.5 Å². The molecule has 214 valence electrons. The average molecular weight is 568 g/mol. The number of anilines is 2. The number of nitrogens with zero attached hydrogens (tertiary/aromatic N) is 5. The van der Waals surface area contributed by atoms with Crippen LogP contribution < -0.4 is 20.5 Å². The first kappa shape index (κ1) is 28.2. The number of ether oxygens (including phenoxy) is 3. The Hall–Kier alpha value is -3.37. The lowest BCUT2D eigenvalue weighted by Crippen LogP contribution is -2.23. The van der Waals surface area contributed by atoms with Gasteiger partial charge in [0.05, 0.1) is 43.4 Å². The summed E-state index contributed by atoms with van der Waals surface area (Å²) in [6.45, 7) is 4.50. The van der Waals surface area contributed by atoms with Gasteiger partial charge in [0.15, 0.2) is 0 Å². The molecule has 0 radical (unpaired) electrons. The first-order valence-corrected chi connectivity index (χ1v) is 14.5. The zero-order valence-electron chi connectivity index (χ0n) is 23.0. The Labute approximate surface area is 240 Å². The van der Waals surface area contributed by atoms with Gasteiger partial charge in [0, 0.05) is 30.5 Å². The topological polar surface area (TPSA) is 122 Å². The van der Waals surface area contributed by atoms with Crippen LogP contribution in [0, 0.1) is 5.92 Å². The van der Waals surface area contributed by atoms with Crippen molar-refractivity contribution in [2.75, 3.05) is 31.7 Å². The summed E-state index contributed by atoms with van der Waals surface area (Å²) in [7, 11) is 0. The van der Waals surface area contributed by atoms with Crippen LogP contribution in [-0.2, 0) is 4.74 Å². The third kappa shape index (κ3) is 7.42. The predicted molar refractivity (Wildman–Crippen MR) is 157 cm³/mol. The first-order valence-electron chi connectivity index (χ1n) is 14.1. The van der Waals surface area contributed by atoms with Crippen molar-refractivity contribution >= 4 is 29.6 Å². The van der Waals surface area contributed by atoms with Crippen molar-refractivity contribution in [3.63, 3.8) is 0 Å². The van der Waals surface area contributed by atoms with Crippen LogP contribution >= 0.6 is 11.6 Å². The molecule has 0 spiro atoms. The lowest BCUT2D eigenvalue weighted by atomic mass is 9.96. The molecule has 2 aliphatic rings. The minimum Gasteiger partial charge on any atom is -0.487 e. The number of nitrogens with two attached hydrogens (primary N) is 1. The van der Waals surface area contributed by atoms with Gasteiger partial charge in [-0.15, -0.1) is 5.10 Å². The summed E-state index contributed by atoms with van der Waals surface area (Å²) in [5.41, 5.74) is 7.84. The highest BCUT2D eigenvalue weighted by molar-refractivity contribution is 6.32. The number of aliphatic imine (C=N–C) groups is 1. The maximum Gasteiger partial charge on any atom is 0.256 e. The van der Waals surface area contributed by atoms with E-state index in [2.05, 4.69) is 25.0 Å². The molecule has 1 unspecified atom stereocenters. The molecule has 0 amide bonds. The van der Waals surface area contributed by atoms with E-state index in [4.69, 9.17) is 36.6 Å². The zero-order chi connectivity index (χ0) is 27.7. The van der Waals surface area contributed by atoms with Crippen LogP contribution in [0.4, 0.5) is 11.6 Å². The van der Waals surface area contributed by atoms with Gasteiger partial charge < -0.3 is 25.3 Å². The van der Waals surface area contributed by atoms with Crippen LogP contribution in [0.1, 0.15) is 57.9 Å². The molecular weight excluding hydrogens is 530 g/mol. The molecule has 1 saturated carbocycles. The third-order valence-corrected chi connectivity index (χ3v) is 7.63. The maximum absolute atomic E-state index is 6.37. The van der Waals surface area contributed by atoms with Crippen LogP contribution in [0.15, 0.2) is 41.8 Å². The van der Waals surface area contributed by atoms with Gasteiger partial charge in [-0.3, -0.25) is 9.67 Å². The van der Waals surface area contributed by atoms with E-state index in [0.717, 1.165) is 55.7 Å². The van der Waals surface area contributed by atoms with Crippen molar-refractivity contribution in [3.05, 3.63) is 41.8 Å². The largest absolute Gasteiger partial charge is 0.487 e. The number of aromatic nitrogens is 4. The van der Waals surface area contributed by atoms with Crippen LogP contribution in [0.2, 0.25) is 5.02 Å². The van der Waals surface area contributed by atoms with Gasteiger partial charge in [0.25, 0.3) is 5.88 Å². The minimum absolute atomic E-state index is 0.174. The van der Waals surface area contributed by atoms with Crippen molar-refractivity contribution in [1.29, 1.82) is 0 Å². The molecule has 3 heterocycles. The van der Waals surface area contributed by atoms with Crippen LogP contribution in [0.5, 0.6) is 11.6 Å². The molecule has 2 fully saturated rings. The molecule has 10 nitrogen and oxygen atoms in total. The molecule has 2 aromatic heterocycles. The molecule has 1 aliphatic heterocycles. The van der Waals surface area contributed by atoms with Gasteiger partial charge >= 0.3 is 0 Å². The highest BCUT2D eigenvalue weighted by Gasteiger charge is 2.22. The molecule has 40 heavy (non-hydrogen) atoms. The molecule has 5 rings (SSSR count). The van der Waals surface area contributed by atoms with E-state index in [1.54, 1.807) is 18.5 Å².